The third-order valence-electron chi connectivity index (χ3n) is 4.48. The Kier molecular flexibility index (Phi) is 5.90. The molecule has 0 saturated carbocycles. The van der Waals surface area contributed by atoms with Crippen LogP contribution in [0.2, 0.25) is 0 Å². The highest BCUT2D eigenvalue weighted by Crippen LogP contribution is 2.26. The van der Waals surface area contributed by atoms with Crippen molar-refractivity contribution >= 4 is 33.6 Å². The molecule has 0 spiro atoms. The number of carbonyl (C=O) groups is 3. The van der Waals surface area contributed by atoms with Crippen molar-refractivity contribution < 1.29 is 22.8 Å². The molecule has 10 heteroatoms. The van der Waals surface area contributed by atoms with Gasteiger partial charge in [0.1, 0.15) is 0 Å². The normalized spacial score (nSPS) is 13.5. The van der Waals surface area contributed by atoms with E-state index in [9.17, 15) is 22.8 Å². The average Bonchev–Trinajstić information content (AvgIpc) is 2.90. The Hall–Kier alpha value is -3.24. The average molecular weight is 430 g/mol. The van der Waals surface area contributed by atoms with E-state index in [1.165, 1.54) is 29.2 Å². The maximum absolute atomic E-state index is 12.5. The predicted octanol–water partition coefficient (Wildman–Crippen LogP) is 1.91. The Balaban J connectivity index is 1.63. The molecule has 0 aromatic heterocycles. The van der Waals surface area contributed by atoms with Crippen LogP contribution in [-0.2, 0) is 16.6 Å². The first-order chi connectivity index (χ1) is 14.1. The van der Waals surface area contributed by atoms with Gasteiger partial charge < -0.3 is 10.6 Å². The van der Waals surface area contributed by atoms with Crippen LogP contribution in [0.3, 0.4) is 0 Å². The number of carbonyl (C=O) groups excluding carboxylic acids is 3. The molecule has 9 nitrogen and oxygen atoms in total. The monoisotopic (exact) mass is 430 g/mol. The topological polar surface area (TPSA) is 139 Å². The highest BCUT2D eigenvalue weighted by Gasteiger charge is 2.35. The molecule has 0 atom stereocenters. The summed E-state index contributed by atoms with van der Waals surface area (Å²) in [6.45, 7) is 4.33. The highest BCUT2D eigenvalue weighted by atomic mass is 32.2. The molecular formula is C20H22N4O5S. The van der Waals surface area contributed by atoms with E-state index in [1.54, 1.807) is 18.2 Å². The lowest BCUT2D eigenvalue weighted by atomic mass is 10.1. The second-order valence-corrected chi connectivity index (χ2v) is 8.93. The molecule has 0 bridgehead atoms. The van der Waals surface area contributed by atoms with Crippen LogP contribution < -0.4 is 15.8 Å². The van der Waals surface area contributed by atoms with Crippen LogP contribution in [0, 0.1) is 5.92 Å². The van der Waals surface area contributed by atoms with Crippen molar-refractivity contribution in [3.05, 3.63) is 59.2 Å². The Morgan fingerprint density at radius 2 is 1.67 bits per heavy atom. The second kappa shape index (κ2) is 8.25. The van der Waals surface area contributed by atoms with Gasteiger partial charge in [0.25, 0.3) is 11.8 Å². The van der Waals surface area contributed by atoms with E-state index in [-0.39, 0.29) is 34.7 Å². The number of nitrogens with one attached hydrogen (secondary N) is 2. The zero-order valence-corrected chi connectivity index (χ0v) is 17.3. The summed E-state index contributed by atoms with van der Waals surface area (Å²) in [5, 5.41) is 10.3. The number of hydrogen-bond acceptors (Lipinski definition) is 5. The van der Waals surface area contributed by atoms with Crippen molar-refractivity contribution in [2.24, 2.45) is 11.1 Å². The van der Waals surface area contributed by atoms with Gasteiger partial charge in [-0.15, -0.1) is 0 Å². The van der Waals surface area contributed by atoms with Gasteiger partial charge in [-0.25, -0.2) is 18.4 Å². The molecule has 30 heavy (non-hydrogen) atoms. The first kappa shape index (κ1) is 21.5. The summed E-state index contributed by atoms with van der Waals surface area (Å²) in [5.74, 6) is -0.556. The van der Waals surface area contributed by atoms with Crippen molar-refractivity contribution in [3.63, 3.8) is 0 Å². The fourth-order valence-corrected chi connectivity index (χ4v) is 3.57. The lowest BCUT2D eigenvalue weighted by Gasteiger charge is -2.15. The summed E-state index contributed by atoms with van der Waals surface area (Å²) in [6.07, 6.45) is 0. The van der Waals surface area contributed by atoms with Gasteiger partial charge in [-0.3, -0.25) is 14.5 Å². The molecule has 4 amide bonds. The SMILES string of the molecule is CC(C)CN1C(=O)c2ccc(NC(=O)NCc3ccc(S(N)(=O)=O)cc3)cc2C1=O. The van der Waals surface area contributed by atoms with Crippen LogP contribution in [0.4, 0.5) is 10.5 Å². The number of imide groups is 1. The van der Waals surface area contributed by atoms with E-state index in [0.29, 0.717) is 23.4 Å². The van der Waals surface area contributed by atoms with E-state index in [4.69, 9.17) is 5.14 Å². The van der Waals surface area contributed by atoms with E-state index >= 15 is 0 Å². The van der Waals surface area contributed by atoms with Crippen molar-refractivity contribution in [1.29, 1.82) is 0 Å². The standard InChI is InChI=1S/C20H22N4O5S/c1-12(2)11-24-18(25)16-8-5-14(9-17(16)19(24)26)23-20(27)22-10-13-3-6-15(7-4-13)30(21,28)29/h3-9,12H,10-11H2,1-2H3,(H2,21,28,29)(H2,22,23,27). The van der Waals surface area contributed by atoms with Crippen LogP contribution in [0.5, 0.6) is 0 Å². The molecule has 2 aromatic rings. The molecular weight excluding hydrogens is 408 g/mol. The first-order valence-electron chi connectivity index (χ1n) is 9.23. The van der Waals surface area contributed by atoms with Crippen LogP contribution in [0.15, 0.2) is 47.4 Å². The third-order valence-corrected chi connectivity index (χ3v) is 5.41. The van der Waals surface area contributed by atoms with Crippen LogP contribution in [0.25, 0.3) is 0 Å². The van der Waals surface area contributed by atoms with Crippen LogP contribution in [0.1, 0.15) is 40.1 Å². The minimum atomic E-state index is -3.77. The van der Waals surface area contributed by atoms with Gasteiger partial charge in [-0.1, -0.05) is 26.0 Å². The van der Waals surface area contributed by atoms with Crippen molar-refractivity contribution in [2.45, 2.75) is 25.3 Å². The summed E-state index contributed by atoms with van der Waals surface area (Å²) in [7, 11) is -3.77. The largest absolute Gasteiger partial charge is 0.334 e. The maximum atomic E-state index is 12.5. The molecule has 3 rings (SSSR count). The first-order valence-corrected chi connectivity index (χ1v) is 10.8. The number of benzene rings is 2. The summed E-state index contributed by atoms with van der Waals surface area (Å²) in [6, 6.07) is 9.86. The minimum Gasteiger partial charge on any atom is -0.334 e. The zero-order chi connectivity index (χ0) is 22.1. The van der Waals surface area contributed by atoms with E-state index in [2.05, 4.69) is 10.6 Å². The molecule has 0 unspecified atom stereocenters. The summed E-state index contributed by atoms with van der Waals surface area (Å²) in [4.78, 5) is 38.3. The molecule has 1 heterocycles. The Bertz CT molecular complexity index is 1110. The maximum Gasteiger partial charge on any atom is 0.319 e. The van der Waals surface area contributed by atoms with Gasteiger partial charge in [0.05, 0.1) is 16.0 Å². The fourth-order valence-electron chi connectivity index (χ4n) is 3.05. The highest BCUT2D eigenvalue weighted by molar-refractivity contribution is 7.89. The molecule has 1 aliphatic heterocycles. The lowest BCUT2D eigenvalue weighted by Crippen LogP contribution is -2.33. The molecule has 0 saturated heterocycles. The smallest absolute Gasteiger partial charge is 0.319 e. The van der Waals surface area contributed by atoms with Crippen LogP contribution >= 0.6 is 0 Å². The molecule has 158 valence electrons. The quantitative estimate of drug-likeness (QED) is 0.601. The predicted molar refractivity (Wildman–Crippen MR) is 110 cm³/mol. The third kappa shape index (κ3) is 4.66. The van der Waals surface area contributed by atoms with Crippen molar-refractivity contribution in [1.82, 2.24) is 10.2 Å². The van der Waals surface area contributed by atoms with Gasteiger partial charge in [-0.2, -0.15) is 0 Å². The van der Waals surface area contributed by atoms with E-state index in [0.717, 1.165) is 0 Å². The van der Waals surface area contributed by atoms with Gasteiger partial charge in [0, 0.05) is 18.8 Å². The van der Waals surface area contributed by atoms with Crippen LogP contribution in [-0.4, -0.2) is 37.7 Å². The number of amides is 4. The lowest BCUT2D eigenvalue weighted by molar-refractivity contribution is 0.0636. The number of sulfonamides is 1. The van der Waals surface area contributed by atoms with E-state index < -0.39 is 16.1 Å². The minimum absolute atomic E-state index is 0.0143. The molecule has 2 aromatic carbocycles. The molecule has 4 N–H and O–H groups in total. The summed E-state index contributed by atoms with van der Waals surface area (Å²) >= 11 is 0. The van der Waals surface area contributed by atoms with E-state index in [1.807, 2.05) is 13.8 Å². The number of nitrogens with zero attached hydrogens (tertiary/aromatic N) is 1. The number of urea groups is 1. The summed E-state index contributed by atoms with van der Waals surface area (Å²) in [5.41, 5.74) is 1.64. The van der Waals surface area contributed by atoms with Gasteiger partial charge in [0.15, 0.2) is 0 Å². The van der Waals surface area contributed by atoms with Gasteiger partial charge >= 0.3 is 6.03 Å². The van der Waals surface area contributed by atoms with Gasteiger partial charge in [-0.05, 0) is 41.8 Å². The summed E-state index contributed by atoms with van der Waals surface area (Å²) < 4.78 is 22.5. The zero-order valence-electron chi connectivity index (χ0n) is 16.5. The number of anilines is 1. The number of rotatable bonds is 6. The fraction of sp³-hybridized carbons (Fsp3) is 0.250. The molecule has 1 aliphatic rings. The number of fused-ring (bicyclic) bond motifs is 1. The molecule has 0 fully saturated rings. The number of nitrogens with two attached hydrogens (primary N) is 1. The second-order valence-electron chi connectivity index (χ2n) is 7.37. The van der Waals surface area contributed by atoms with Crippen molar-refractivity contribution in [2.75, 3.05) is 11.9 Å². The Morgan fingerprint density at radius 3 is 2.27 bits per heavy atom. The molecule has 0 radical (unpaired) electrons. The Labute approximate surface area is 174 Å². The number of primary sulfonamides is 1. The van der Waals surface area contributed by atoms with Gasteiger partial charge in [0.2, 0.25) is 10.0 Å². The van der Waals surface area contributed by atoms with Crippen molar-refractivity contribution in [3.8, 4) is 0 Å². The molecule has 0 aliphatic carbocycles. The Morgan fingerprint density at radius 1 is 1.03 bits per heavy atom. The number of hydrogen-bond donors (Lipinski definition) is 3.